The van der Waals surface area contributed by atoms with E-state index in [-0.39, 0.29) is 10.7 Å². The topological polar surface area (TPSA) is 109 Å². The van der Waals surface area contributed by atoms with Gasteiger partial charge in [0.25, 0.3) is 10.0 Å². The van der Waals surface area contributed by atoms with Crippen molar-refractivity contribution >= 4 is 43.2 Å². The van der Waals surface area contributed by atoms with Crippen LogP contribution in [0.15, 0.2) is 65.0 Å². The molecular formula is C21H20N6O2S2. The van der Waals surface area contributed by atoms with Crippen LogP contribution in [0.3, 0.4) is 0 Å². The lowest BCUT2D eigenvalue weighted by Crippen LogP contribution is -2.22. The molecule has 0 amide bonds. The fourth-order valence-corrected chi connectivity index (χ4v) is 5.29. The molecule has 4 heterocycles. The third-order valence-electron chi connectivity index (χ3n) is 5.02. The van der Waals surface area contributed by atoms with Crippen molar-refractivity contribution in [3.05, 3.63) is 60.1 Å². The van der Waals surface area contributed by atoms with Gasteiger partial charge in [-0.2, -0.15) is 0 Å². The van der Waals surface area contributed by atoms with Gasteiger partial charge in [0.2, 0.25) is 0 Å². The molecule has 1 aliphatic heterocycles. The van der Waals surface area contributed by atoms with Crippen LogP contribution < -0.4 is 15.4 Å². The molecule has 5 rings (SSSR count). The Morgan fingerprint density at radius 2 is 1.97 bits per heavy atom. The minimum absolute atomic E-state index is 0.176. The molecule has 0 aliphatic carbocycles. The highest BCUT2D eigenvalue weighted by Gasteiger charge is 2.19. The molecule has 3 aromatic heterocycles. The van der Waals surface area contributed by atoms with E-state index in [1.807, 2.05) is 11.4 Å². The zero-order chi connectivity index (χ0) is 21.3. The highest BCUT2D eigenvalue weighted by atomic mass is 32.2. The molecule has 158 valence electrons. The van der Waals surface area contributed by atoms with Crippen molar-refractivity contribution in [3.63, 3.8) is 0 Å². The van der Waals surface area contributed by atoms with Gasteiger partial charge in [0.15, 0.2) is 5.82 Å². The van der Waals surface area contributed by atoms with E-state index < -0.39 is 10.0 Å². The molecule has 1 fully saturated rings. The van der Waals surface area contributed by atoms with E-state index in [0.29, 0.717) is 17.4 Å². The maximum absolute atomic E-state index is 12.6. The van der Waals surface area contributed by atoms with Gasteiger partial charge in [0.05, 0.1) is 15.1 Å². The number of sulfonamides is 1. The number of benzene rings is 1. The van der Waals surface area contributed by atoms with Crippen LogP contribution in [-0.4, -0.2) is 42.5 Å². The van der Waals surface area contributed by atoms with E-state index in [2.05, 4.69) is 25.3 Å². The molecular weight excluding hydrogens is 432 g/mol. The molecule has 1 aliphatic rings. The number of anilines is 2. The Kier molecular flexibility index (Phi) is 5.26. The Morgan fingerprint density at radius 1 is 1.10 bits per heavy atom. The van der Waals surface area contributed by atoms with Gasteiger partial charge in [-0.25, -0.2) is 23.4 Å². The third-order valence-corrected chi connectivity index (χ3v) is 7.30. The molecule has 0 bridgehead atoms. The molecule has 0 saturated carbocycles. The third kappa shape index (κ3) is 4.22. The minimum Gasteiger partial charge on any atom is -0.365 e. The first-order valence-electron chi connectivity index (χ1n) is 9.85. The second-order valence-corrected chi connectivity index (χ2v) is 9.81. The highest BCUT2D eigenvalue weighted by molar-refractivity contribution is 7.92. The van der Waals surface area contributed by atoms with Crippen LogP contribution in [0.5, 0.6) is 0 Å². The Morgan fingerprint density at radius 3 is 2.77 bits per heavy atom. The maximum atomic E-state index is 12.6. The predicted molar refractivity (Wildman–Crippen MR) is 123 cm³/mol. The minimum atomic E-state index is -3.73. The number of hydrogen-bond donors (Lipinski definition) is 3. The molecule has 8 nitrogen and oxygen atoms in total. The van der Waals surface area contributed by atoms with Crippen LogP contribution >= 0.6 is 11.3 Å². The summed E-state index contributed by atoms with van der Waals surface area (Å²) in [5, 5.41) is 8.86. The molecule has 1 aromatic carbocycles. The number of nitrogens with zero attached hydrogens (tertiary/aromatic N) is 3. The van der Waals surface area contributed by atoms with Crippen LogP contribution in [0, 0.1) is 0 Å². The smallest absolute Gasteiger partial charge is 0.263 e. The quantitative estimate of drug-likeness (QED) is 0.412. The highest BCUT2D eigenvalue weighted by Crippen LogP contribution is 2.30. The average Bonchev–Trinajstić information content (AvgIpc) is 3.46. The first kappa shape index (κ1) is 19.9. The fourth-order valence-electron chi connectivity index (χ4n) is 3.48. The Hall–Kier alpha value is -3.08. The van der Waals surface area contributed by atoms with E-state index in [0.717, 1.165) is 35.5 Å². The molecule has 0 unspecified atom stereocenters. The summed E-state index contributed by atoms with van der Waals surface area (Å²) in [7, 11) is -3.73. The number of nitrogens with one attached hydrogen (secondary N) is 3. The van der Waals surface area contributed by atoms with Crippen LogP contribution in [0.4, 0.5) is 11.6 Å². The van der Waals surface area contributed by atoms with Crippen molar-refractivity contribution in [3.8, 4) is 11.4 Å². The number of hydrogen-bond acceptors (Lipinski definition) is 8. The van der Waals surface area contributed by atoms with E-state index in [1.54, 1.807) is 47.9 Å². The standard InChI is InChI=1S/C21H20N6O2S2/c28-31(29,16-4-2-1-3-5-16)27-18-12-14(6-10-23-18)20-25-17-8-11-30-19(17)21(26-20)24-15-7-9-22-13-15/h1-6,8,10-12,15,22H,7,9,13H2,(H,23,27)(H,24,25,26)/t15-/m1/s1. The first-order chi connectivity index (χ1) is 15.1. The second kappa shape index (κ2) is 8.22. The number of pyridine rings is 1. The number of thiophene rings is 1. The van der Waals surface area contributed by atoms with Crippen molar-refractivity contribution < 1.29 is 8.42 Å². The fraction of sp³-hybridized carbons (Fsp3) is 0.190. The SMILES string of the molecule is O=S(=O)(Nc1cc(-c2nc(N[C@@H]3CCNC3)c3sccc3n2)ccn1)c1ccccc1. The lowest BCUT2D eigenvalue weighted by Gasteiger charge is -2.14. The monoisotopic (exact) mass is 452 g/mol. The zero-order valence-electron chi connectivity index (χ0n) is 16.4. The van der Waals surface area contributed by atoms with Gasteiger partial charge in [-0.15, -0.1) is 11.3 Å². The van der Waals surface area contributed by atoms with Crippen LogP contribution in [0.2, 0.25) is 0 Å². The van der Waals surface area contributed by atoms with Gasteiger partial charge in [0, 0.05) is 24.3 Å². The summed E-state index contributed by atoms with van der Waals surface area (Å²) in [4.78, 5) is 13.8. The van der Waals surface area contributed by atoms with Crippen LogP contribution in [0.1, 0.15) is 6.42 Å². The van der Waals surface area contributed by atoms with Gasteiger partial charge in [-0.05, 0) is 48.7 Å². The molecule has 10 heteroatoms. The van der Waals surface area contributed by atoms with Crippen LogP contribution in [0.25, 0.3) is 21.6 Å². The second-order valence-electron chi connectivity index (χ2n) is 7.21. The summed E-state index contributed by atoms with van der Waals surface area (Å²) < 4.78 is 28.8. The normalized spacial score (nSPS) is 16.5. The summed E-state index contributed by atoms with van der Waals surface area (Å²) in [6.07, 6.45) is 2.58. The summed E-state index contributed by atoms with van der Waals surface area (Å²) in [6, 6.07) is 13.9. The Balaban J connectivity index is 1.48. The van der Waals surface area contributed by atoms with E-state index >= 15 is 0 Å². The van der Waals surface area contributed by atoms with E-state index in [4.69, 9.17) is 4.98 Å². The lowest BCUT2D eigenvalue weighted by atomic mass is 10.2. The Bertz CT molecular complexity index is 1320. The lowest BCUT2D eigenvalue weighted by molar-refractivity contribution is 0.601. The average molecular weight is 453 g/mol. The Labute approximate surface area is 183 Å². The number of fused-ring (bicyclic) bond motifs is 1. The van der Waals surface area contributed by atoms with Gasteiger partial charge >= 0.3 is 0 Å². The summed E-state index contributed by atoms with van der Waals surface area (Å²) in [5.74, 6) is 1.53. The predicted octanol–water partition coefficient (Wildman–Crippen LogP) is 3.33. The summed E-state index contributed by atoms with van der Waals surface area (Å²) in [6.45, 7) is 1.88. The number of rotatable bonds is 6. The maximum Gasteiger partial charge on any atom is 0.263 e. The van der Waals surface area contributed by atoms with Gasteiger partial charge in [-0.3, -0.25) is 4.72 Å². The molecule has 4 aromatic rings. The molecule has 0 spiro atoms. The van der Waals surface area contributed by atoms with Crippen molar-refractivity contribution in [2.75, 3.05) is 23.1 Å². The van der Waals surface area contributed by atoms with Crippen molar-refractivity contribution in [1.82, 2.24) is 20.3 Å². The first-order valence-corrected chi connectivity index (χ1v) is 12.2. The summed E-state index contributed by atoms with van der Waals surface area (Å²) in [5.41, 5.74) is 1.54. The molecule has 31 heavy (non-hydrogen) atoms. The van der Waals surface area contributed by atoms with E-state index in [1.165, 1.54) is 12.1 Å². The van der Waals surface area contributed by atoms with Crippen molar-refractivity contribution in [2.45, 2.75) is 17.4 Å². The van der Waals surface area contributed by atoms with Crippen molar-refractivity contribution in [2.24, 2.45) is 0 Å². The van der Waals surface area contributed by atoms with Crippen molar-refractivity contribution in [1.29, 1.82) is 0 Å². The van der Waals surface area contributed by atoms with Crippen LogP contribution in [-0.2, 0) is 10.0 Å². The largest absolute Gasteiger partial charge is 0.365 e. The van der Waals surface area contributed by atoms with Gasteiger partial charge in [0.1, 0.15) is 11.6 Å². The number of aromatic nitrogens is 3. The molecule has 1 atom stereocenters. The van der Waals surface area contributed by atoms with Gasteiger partial charge < -0.3 is 10.6 Å². The molecule has 3 N–H and O–H groups in total. The summed E-state index contributed by atoms with van der Waals surface area (Å²) >= 11 is 1.60. The zero-order valence-corrected chi connectivity index (χ0v) is 18.1. The van der Waals surface area contributed by atoms with E-state index in [9.17, 15) is 8.42 Å². The molecule has 0 radical (unpaired) electrons. The molecule has 1 saturated heterocycles. The van der Waals surface area contributed by atoms with Gasteiger partial charge in [-0.1, -0.05) is 18.2 Å².